The standard InChI is InChI=1S/C17H19BrN2O/c1-10(2)9-14-15(18)17(21)20-16(19-14)13-8-7-11-5-3-4-6-12(11)13/h3-6,10,13H,7-9H2,1-2H3,(H,19,20,21). The average molecular weight is 347 g/mol. The molecule has 0 bridgehead atoms. The highest BCUT2D eigenvalue weighted by Crippen LogP contribution is 2.36. The molecule has 0 saturated carbocycles. The van der Waals surface area contributed by atoms with E-state index in [9.17, 15) is 4.79 Å². The van der Waals surface area contributed by atoms with Crippen LogP contribution in [-0.2, 0) is 12.8 Å². The van der Waals surface area contributed by atoms with Gasteiger partial charge in [-0.1, -0.05) is 38.1 Å². The zero-order chi connectivity index (χ0) is 15.0. The first-order chi connectivity index (χ1) is 10.1. The molecule has 1 aromatic carbocycles. The fourth-order valence-electron chi connectivity index (χ4n) is 3.05. The normalized spacial score (nSPS) is 17.2. The third-order valence-electron chi connectivity index (χ3n) is 4.01. The summed E-state index contributed by atoms with van der Waals surface area (Å²) in [7, 11) is 0. The molecule has 0 amide bonds. The van der Waals surface area contributed by atoms with Crippen molar-refractivity contribution in [3.05, 3.63) is 61.7 Å². The van der Waals surface area contributed by atoms with Gasteiger partial charge in [-0.3, -0.25) is 4.79 Å². The topological polar surface area (TPSA) is 45.8 Å². The molecule has 1 unspecified atom stereocenters. The summed E-state index contributed by atoms with van der Waals surface area (Å²) < 4.78 is 0.575. The van der Waals surface area contributed by atoms with Crippen LogP contribution in [0.25, 0.3) is 0 Å². The minimum atomic E-state index is -0.0694. The molecule has 2 aromatic rings. The van der Waals surface area contributed by atoms with Crippen molar-refractivity contribution >= 4 is 15.9 Å². The summed E-state index contributed by atoms with van der Waals surface area (Å²) in [6.07, 6.45) is 2.89. The molecule has 0 radical (unpaired) electrons. The number of nitrogens with one attached hydrogen (secondary N) is 1. The predicted molar refractivity (Wildman–Crippen MR) is 87.7 cm³/mol. The van der Waals surface area contributed by atoms with E-state index in [1.807, 2.05) is 0 Å². The van der Waals surface area contributed by atoms with Crippen molar-refractivity contribution in [3.63, 3.8) is 0 Å². The third kappa shape index (κ3) is 2.82. The highest BCUT2D eigenvalue weighted by Gasteiger charge is 2.26. The van der Waals surface area contributed by atoms with Gasteiger partial charge in [-0.25, -0.2) is 4.98 Å². The van der Waals surface area contributed by atoms with Crippen molar-refractivity contribution < 1.29 is 0 Å². The lowest BCUT2D eigenvalue weighted by atomic mass is 10.00. The summed E-state index contributed by atoms with van der Waals surface area (Å²) in [4.78, 5) is 19.9. The zero-order valence-corrected chi connectivity index (χ0v) is 13.9. The molecule has 3 rings (SSSR count). The van der Waals surface area contributed by atoms with Gasteiger partial charge in [0.15, 0.2) is 0 Å². The van der Waals surface area contributed by atoms with E-state index < -0.39 is 0 Å². The van der Waals surface area contributed by atoms with E-state index in [2.05, 4.69) is 59.0 Å². The van der Waals surface area contributed by atoms with Gasteiger partial charge in [-0.2, -0.15) is 0 Å². The molecule has 1 aliphatic rings. The van der Waals surface area contributed by atoms with Gasteiger partial charge >= 0.3 is 0 Å². The monoisotopic (exact) mass is 346 g/mol. The fraction of sp³-hybridized carbons (Fsp3) is 0.412. The number of aromatic amines is 1. The number of H-pyrrole nitrogens is 1. The lowest BCUT2D eigenvalue weighted by Crippen LogP contribution is -2.18. The van der Waals surface area contributed by atoms with Gasteiger partial charge in [-0.05, 0) is 52.2 Å². The van der Waals surface area contributed by atoms with Crippen LogP contribution in [0.3, 0.4) is 0 Å². The molecule has 4 heteroatoms. The molecule has 1 N–H and O–H groups in total. The molecule has 1 aromatic heterocycles. The van der Waals surface area contributed by atoms with Gasteiger partial charge in [0.1, 0.15) is 10.3 Å². The second-order valence-corrected chi connectivity index (χ2v) is 6.89. The molecule has 0 spiro atoms. The van der Waals surface area contributed by atoms with Gasteiger partial charge in [0, 0.05) is 5.92 Å². The van der Waals surface area contributed by atoms with Gasteiger partial charge in [0.25, 0.3) is 5.56 Å². The van der Waals surface area contributed by atoms with Crippen LogP contribution in [0.2, 0.25) is 0 Å². The lowest BCUT2D eigenvalue weighted by molar-refractivity contribution is 0.619. The van der Waals surface area contributed by atoms with E-state index in [-0.39, 0.29) is 11.5 Å². The quantitative estimate of drug-likeness (QED) is 0.918. The second kappa shape index (κ2) is 5.76. The van der Waals surface area contributed by atoms with E-state index in [1.54, 1.807) is 0 Å². The third-order valence-corrected chi connectivity index (χ3v) is 4.83. The fourth-order valence-corrected chi connectivity index (χ4v) is 3.40. The number of rotatable bonds is 3. The number of aryl methyl sites for hydroxylation is 1. The van der Waals surface area contributed by atoms with Gasteiger partial charge < -0.3 is 4.98 Å². The van der Waals surface area contributed by atoms with Crippen molar-refractivity contribution in [2.45, 2.75) is 39.0 Å². The van der Waals surface area contributed by atoms with Crippen molar-refractivity contribution in [2.24, 2.45) is 5.92 Å². The second-order valence-electron chi connectivity index (χ2n) is 6.10. The Morgan fingerprint density at radius 3 is 2.90 bits per heavy atom. The zero-order valence-electron chi connectivity index (χ0n) is 12.3. The lowest BCUT2D eigenvalue weighted by Gasteiger charge is -2.14. The summed E-state index contributed by atoms with van der Waals surface area (Å²) >= 11 is 3.38. The highest BCUT2D eigenvalue weighted by atomic mass is 79.9. The van der Waals surface area contributed by atoms with Crippen LogP contribution in [0.15, 0.2) is 33.5 Å². The Balaban J connectivity index is 2.04. The Morgan fingerprint density at radius 2 is 2.14 bits per heavy atom. The number of benzene rings is 1. The van der Waals surface area contributed by atoms with Crippen LogP contribution in [0.1, 0.15) is 48.8 Å². The first-order valence-corrected chi connectivity index (χ1v) is 8.22. The van der Waals surface area contributed by atoms with Crippen molar-refractivity contribution in [1.82, 2.24) is 9.97 Å². The van der Waals surface area contributed by atoms with Crippen LogP contribution in [-0.4, -0.2) is 9.97 Å². The number of aromatic nitrogens is 2. The minimum absolute atomic E-state index is 0.0694. The SMILES string of the molecule is CC(C)Cc1nc(C2CCc3ccccc32)[nH]c(=O)c1Br. The average Bonchev–Trinajstić information content (AvgIpc) is 2.87. The molecular formula is C17H19BrN2O. The Morgan fingerprint density at radius 1 is 1.38 bits per heavy atom. The summed E-state index contributed by atoms with van der Waals surface area (Å²) in [6.45, 7) is 4.28. The van der Waals surface area contributed by atoms with Crippen molar-refractivity contribution in [1.29, 1.82) is 0 Å². The first kappa shape index (κ1) is 14.5. The van der Waals surface area contributed by atoms with Crippen LogP contribution in [0.5, 0.6) is 0 Å². The molecule has 0 aliphatic heterocycles. The van der Waals surface area contributed by atoms with Crippen molar-refractivity contribution in [2.75, 3.05) is 0 Å². The van der Waals surface area contributed by atoms with Crippen LogP contribution in [0.4, 0.5) is 0 Å². The Labute approximate surface area is 133 Å². The van der Waals surface area contributed by atoms with E-state index in [0.717, 1.165) is 30.8 Å². The van der Waals surface area contributed by atoms with Crippen LogP contribution >= 0.6 is 15.9 Å². The molecule has 0 fully saturated rings. The van der Waals surface area contributed by atoms with Crippen LogP contribution in [0, 0.1) is 5.92 Å². The van der Waals surface area contributed by atoms with E-state index in [0.29, 0.717) is 10.4 Å². The number of fused-ring (bicyclic) bond motifs is 1. The molecule has 1 heterocycles. The summed E-state index contributed by atoms with van der Waals surface area (Å²) in [5.74, 6) is 1.50. The summed E-state index contributed by atoms with van der Waals surface area (Å²) in [6, 6.07) is 8.45. The number of hydrogen-bond acceptors (Lipinski definition) is 2. The maximum atomic E-state index is 12.2. The summed E-state index contributed by atoms with van der Waals surface area (Å²) in [5, 5.41) is 0. The Bertz CT molecular complexity index is 721. The number of hydrogen-bond donors (Lipinski definition) is 1. The highest BCUT2D eigenvalue weighted by molar-refractivity contribution is 9.10. The number of halogens is 1. The molecule has 0 saturated heterocycles. The Kier molecular flexibility index (Phi) is 3.98. The maximum absolute atomic E-state index is 12.2. The van der Waals surface area contributed by atoms with Gasteiger partial charge in [0.05, 0.1) is 5.69 Å². The van der Waals surface area contributed by atoms with Crippen molar-refractivity contribution in [3.8, 4) is 0 Å². The van der Waals surface area contributed by atoms with Crippen LogP contribution < -0.4 is 5.56 Å². The molecule has 1 atom stereocenters. The molecule has 21 heavy (non-hydrogen) atoms. The first-order valence-electron chi connectivity index (χ1n) is 7.42. The Hall–Kier alpha value is -1.42. The van der Waals surface area contributed by atoms with E-state index in [4.69, 9.17) is 4.98 Å². The van der Waals surface area contributed by atoms with E-state index >= 15 is 0 Å². The molecule has 1 aliphatic carbocycles. The minimum Gasteiger partial charge on any atom is -0.309 e. The molecule has 3 nitrogen and oxygen atoms in total. The maximum Gasteiger partial charge on any atom is 0.265 e. The predicted octanol–water partition coefficient (Wildman–Crippen LogP) is 3.81. The van der Waals surface area contributed by atoms with Gasteiger partial charge in [-0.15, -0.1) is 0 Å². The number of nitrogens with zero attached hydrogens (tertiary/aromatic N) is 1. The van der Waals surface area contributed by atoms with Gasteiger partial charge in [0.2, 0.25) is 0 Å². The largest absolute Gasteiger partial charge is 0.309 e. The summed E-state index contributed by atoms with van der Waals surface area (Å²) in [5.41, 5.74) is 3.48. The van der Waals surface area contributed by atoms with E-state index in [1.165, 1.54) is 11.1 Å². The molecule has 110 valence electrons. The smallest absolute Gasteiger partial charge is 0.265 e. The molecular weight excluding hydrogens is 328 g/mol.